The second-order valence-electron chi connectivity index (χ2n) is 6.96. The van der Waals surface area contributed by atoms with Crippen LogP contribution in [0, 0.1) is 0 Å². The van der Waals surface area contributed by atoms with Crippen molar-refractivity contribution in [1.82, 2.24) is 4.57 Å². The third kappa shape index (κ3) is 4.07. The summed E-state index contributed by atoms with van der Waals surface area (Å²) >= 11 is 6.40. The molecule has 0 aliphatic carbocycles. The first-order valence-corrected chi connectivity index (χ1v) is 9.88. The van der Waals surface area contributed by atoms with Crippen molar-refractivity contribution in [3.8, 4) is 0 Å². The van der Waals surface area contributed by atoms with Crippen molar-refractivity contribution in [3.05, 3.63) is 105 Å². The summed E-state index contributed by atoms with van der Waals surface area (Å²) in [6.45, 7) is 0.644. The highest BCUT2D eigenvalue weighted by Gasteiger charge is 2.14. The van der Waals surface area contributed by atoms with Gasteiger partial charge in [0.05, 0.1) is 21.8 Å². The summed E-state index contributed by atoms with van der Waals surface area (Å²) in [5.74, 6) is -0.357. The Morgan fingerprint density at radius 2 is 1.70 bits per heavy atom. The largest absolute Gasteiger partial charge is 0.380 e. The molecule has 2 N–H and O–H groups in total. The SMILES string of the molecule is Cn1c(=O)cc(C(=O)Nc2ccc(NCc3ccccc3)c(Cl)c2)c2ccccc21. The summed E-state index contributed by atoms with van der Waals surface area (Å²) in [5.41, 5.74) is 3.27. The molecule has 0 saturated carbocycles. The van der Waals surface area contributed by atoms with Crippen LogP contribution in [0.3, 0.4) is 0 Å². The third-order valence-corrected chi connectivity index (χ3v) is 5.26. The number of hydrogen-bond donors (Lipinski definition) is 2. The van der Waals surface area contributed by atoms with Gasteiger partial charge in [-0.1, -0.05) is 60.1 Å². The standard InChI is InChI=1S/C24H20ClN3O2/c1-28-22-10-6-5-9-18(22)19(14-23(28)29)24(30)27-17-11-12-21(20(25)13-17)26-15-16-7-3-2-4-8-16/h2-14,26H,15H2,1H3,(H,27,30). The van der Waals surface area contributed by atoms with Gasteiger partial charge in [-0.05, 0) is 29.8 Å². The maximum atomic E-state index is 12.9. The van der Waals surface area contributed by atoms with E-state index in [9.17, 15) is 9.59 Å². The molecule has 30 heavy (non-hydrogen) atoms. The molecule has 4 rings (SSSR count). The van der Waals surface area contributed by atoms with Gasteiger partial charge in [-0.3, -0.25) is 9.59 Å². The fourth-order valence-corrected chi connectivity index (χ4v) is 3.57. The van der Waals surface area contributed by atoms with Crippen LogP contribution >= 0.6 is 11.6 Å². The summed E-state index contributed by atoms with van der Waals surface area (Å²) in [6, 6.07) is 24.0. The van der Waals surface area contributed by atoms with Crippen molar-refractivity contribution in [2.24, 2.45) is 7.05 Å². The Morgan fingerprint density at radius 3 is 2.47 bits per heavy atom. The zero-order valence-electron chi connectivity index (χ0n) is 16.4. The van der Waals surface area contributed by atoms with Crippen LogP contribution < -0.4 is 16.2 Å². The molecule has 1 aromatic heterocycles. The minimum atomic E-state index is -0.357. The van der Waals surface area contributed by atoms with E-state index in [2.05, 4.69) is 10.6 Å². The number of carbonyl (C=O) groups is 1. The minimum Gasteiger partial charge on any atom is -0.380 e. The van der Waals surface area contributed by atoms with Gasteiger partial charge in [0.15, 0.2) is 0 Å². The second kappa shape index (κ2) is 8.43. The third-order valence-electron chi connectivity index (χ3n) is 4.95. The van der Waals surface area contributed by atoms with Crippen molar-refractivity contribution in [2.75, 3.05) is 10.6 Å². The van der Waals surface area contributed by atoms with Gasteiger partial charge in [-0.2, -0.15) is 0 Å². The number of benzene rings is 3. The molecule has 0 atom stereocenters. The van der Waals surface area contributed by atoms with Crippen molar-refractivity contribution in [1.29, 1.82) is 0 Å². The number of anilines is 2. The van der Waals surface area contributed by atoms with E-state index in [4.69, 9.17) is 11.6 Å². The first-order valence-electron chi connectivity index (χ1n) is 9.50. The molecule has 6 heteroatoms. The van der Waals surface area contributed by atoms with Gasteiger partial charge >= 0.3 is 0 Å². The fraction of sp³-hybridized carbons (Fsp3) is 0.0833. The summed E-state index contributed by atoms with van der Waals surface area (Å²) in [4.78, 5) is 25.1. The first-order chi connectivity index (χ1) is 14.5. The van der Waals surface area contributed by atoms with Crippen LogP contribution in [0.5, 0.6) is 0 Å². The van der Waals surface area contributed by atoms with Crippen molar-refractivity contribution in [2.45, 2.75) is 6.54 Å². The lowest BCUT2D eigenvalue weighted by molar-refractivity contribution is 0.102. The average molecular weight is 418 g/mol. The van der Waals surface area contributed by atoms with Crippen LogP contribution in [0.25, 0.3) is 10.9 Å². The van der Waals surface area contributed by atoms with Crippen molar-refractivity contribution >= 4 is 39.8 Å². The summed E-state index contributed by atoms with van der Waals surface area (Å²) in [6.07, 6.45) is 0. The highest BCUT2D eigenvalue weighted by Crippen LogP contribution is 2.27. The Balaban J connectivity index is 1.54. The topological polar surface area (TPSA) is 63.1 Å². The van der Waals surface area contributed by atoms with E-state index in [1.54, 1.807) is 19.2 Å². The predicted molar refractivity (Wildman–Crippen MR) is 122 cm³/mol. The zero-order chi connectivity index (χ0) is 21.1. The van der Waals surface area contributed by atoms with Gasteiger partial charge in [0.2, 0.25) is 0 Å². The lowest BCUT2D eigenvalue weighted by atomic mass is 10.1. The van der Waals surface area contributed by atoms with E-state index in [1.165, 1.54) is 10.6 Å². The van der Waals surface area contributed by atoms with Crippen LogP contribution in [0.2, 0.25) is 5.02 Å². The monoisotopic (exact) mass is 417 g/mol. The van der Waals surface area contributed by atoms with Crippen LogP contribution in [0.1, 0.15) is 15.9 Å². The van der Waals surface area contributed by atoms with E-state index in [1.807, 2.05) is 60.7 Å². The number of carbonyl (C=O) groups excluding carboxylic acids is 1. The predicted octanol–water partition coefficient (Wildman–Crippen LogP) is 5.06. The molecule has 4 aromatic rings. The number of halogens is 1. The van der Waals surface area contributed by atoms with Gasteiger partial charge in [0, 0.05) is 30.7 Å². The zero-order valence-corrected chi connectivity index (χ0v) is 17.1. The number of amides is 1. The van der Waals surface area contributed by atoms with E-state index < -0.39 is 0 Å². The molecule has 0 fully saturated rings. The first kappa shape index (κ1) is 19.7. The molecule has 0 aliphatic heterocycles. The summed E-state index contributed by atoms with van der Waals surface area (Å²) < 4.78 is 1.52. The second-order valence-corrected chi connectivity index (χ2v) is 7.37. The number of fused-ring (bicyclic) bond motifs is 1. The highest BCUT2D eigenvalue weighted by molar-refractivity contribution is 6.33. The number of pyridine rings is 1. The van der Waals surface area contributed by atoms with E-state index in [-0.39, 0.29) is 11.5 Å². The number of aromatic nitrogens is 1. The summed E-state index contributed by atoms with van der Waals surface area (Å²) in [5, 5.41) is 7.34. The fourth-order valence-electron chi connectivity index (χ4n) is 3.33. The van der Waals surface area contributed by atoms with E-state index in [0.717, 1.165) is 11.3 Å². The Morgan fingerprint density at radius 1 is 0.967 bits per heavy atom. The van der Waals surface area contributed by atoms with Crippen LogP contribution in [0.15, 0.2) is 83.7 Å². The lowest BCUT2D eigenvalue weighted by Crippen LogP contribution is -2.21. The Bertz CT molecular complexity index is 1280. The molecule has 5 nitrogen and oxygen atoms in total. The molecule has 0 bridgehead atoms. The van der Waals surface area contributed by atoms with Gasteiger partial charge in [0.1, 0.15) is 0 Å². The molecular formula is C24H20ClN3O2. The Labute approximate surface area is 178 Å². The maximum absolute atomic E-state index is 12.9. The van der Waals surface area contributed by atoms with Crippen LogP contribution in [-0.2, 0) is 13.6 Å². The Kier molecular flexibility index (Phi) is 5.55. The number of rotatable bonds is 5. The molecule has 1 amide bonds. The number of aryl methyl sites for hydroxylation is 1. The van der Waals surface area contributed by atoms with Crippen molar-refractivity contribution < 1.29 is 4.79 Å². The van der Waals surface area contributed by atoms with E-state index >= 15 is 0 Å². The molecule has 0 unspecified atom stereocenters. The Hall–Kier alpha value is -3.57. The minimum absolute atomic E-state index is 0.239. The maximum Gasteiger partial charge on any atom is 0.256 e. The number of nitrogens with zero attached hydrogens (tertiary/aromatic N) is 1. The molecule has 150 valence electrons. The van der Waals surface area contributed by atoms with Crippen LogP contribution in [0.4, 0.5) is 11.4 Å². The quantitative estimate of drug-likeness (QED) is 0.477. The van der Waals surface area contributed by atoms with Crippen molar-refractivity contribution in [3.63, 3.8) is 0 Å². The van der Waals surface area contributed by atoms with Gasteiger partial charge < -0.3 is 15.2 Å². The van der Waals surface area contributed by atoms with Gasteiger partial charge in [-0.25, -0.2) is 0 Å². The molecular weight excluding hydrogens is 398 g/mol. The molecule has 3 aromatic carbocycles. The van der Waals surface area contributed by atoms with Crippen LogP contribution in [-0.4, -0.2) is 10.5 Å². The van der Waals surface area contributed by atoms with Gasteiger partial charge in [0.25, 0.3) is 11.5 Å². The number of nitrogens with one attached hydrogen (secondary N) is 2. The lowest BCUT2D eigenvalue weighted by Gasteiger charge is -2.13. The smallest absolute Gasteiger partial charge is 0.256 e. The molecule has 0 spiro atoms. The van der Waals surface area contributed by atoms with E-state index in [0.29, 0.717) is 33.7 Å². The molecule has 0 radical (unpaired) electrons. The number of hydrogen-bond acceptors (Lipinski definition) is 3. The molecule has 0 saturated heterocycles. The summed E-state index contributed by atoms with van der Waals surface area (Å²) in [7, 11) is 1.69. The number of para-hydroxylation sites is 1. The molecule has 1 heterocycles. The average Bonchev–Trinajstić information content (AvgIpc) is 2.76. The normalized spacial score (nSPS) is 10.7. The highest BCUT2D eigenvalue weighted by atomic mass is 35.5. The van der Waals surface area contributed by atoms with Gasteiger partial charge in [-0.15, -0.1) is 0 Å². The molecule has 0 aliphatic rings.